The van der Waals surface area contributed by atoms with Gasteiger partial charge in [-0.25, -0.2) is 0 Å². The third kappa shape index (κ3) is 3.70. The lowest BCUT2D eigenvalue weighted by Gasteiger charge is -2.38. The Kier molecular flexibility index (Phi) is 5.27. The fourth-order valence-corrected chi connectivity index (χ4v) is 3.56. The molecule has 0 bridgehead atoms. The molecule has 0 spiro atoms. The van der Waals surface area contributed by atoms with Crippen molar-refractivity contribution in [1.29, 1.82) is 0 Å². The molecule has 1 atom stereocenters. The third-order valence-electron chi connectivity index (χ3n) is 4.75. The average Bonchev–Trinajstić information content (AvgIpc) is 2.66. The van der Waals surface area contributed by atoms with Gasteiger partial charge in [0.2, 0.25) is 0 Å². The van der Waals surface area contributed by atoms with Gasteiger partial charge >= 0.3 is 0 Å². The molecule has 1 aromatic heterocycles. The number of nitrogens with one attached hydrogen (secondary N) is 1. The second kappa shape index (κ2) is 7.63. The highest BCUT2D eigenvalue weighted by molar-refractivity contribution is 5.65. The Morgan fingerprint density at radius 2 is 1.56 bits per heavy atom. The molecule has 0 radical (unpaired) electrons. The fourth-order valence-electron chi connectivity index (χ4n) is 3.56. The van der Waals surface area contributed by atoms with Crippen LogP contribution in [0.3, 0.4) is 0 Å². The smallest absolute Gasteiger partial charge is 0.109 e. The Hall–Kier alpha value is -3.13. The first-order valence-electron chi connectivity index (χ1n) is 9.11. The second-order valence-electron chi connectivity index (χ2n) is 7.13. The maximum Gasteiger partial charge on any atom is 0.109 e. The van der Waals surface area contributed by atoms with E-state index in [1.165, 1.54) is 0 Å². The van der Waals surface area contributed by atoms with Gasteiger partial charge in [-0.2, -0.15) is 0 Å². The molecular formula is C25H26N2. The van der Waals surface area contributed by atoms with Crippen molar-refractivity contribution >= 4 is 0 Å². The summed E-state index contributed by atoms with van der Waals surface area (Å²) in [6.07, 6.45) is 3.78. The van der Waals surface area contributed by atoms with Crippen LogP contribution in [0.25, 0.3) is 11.1 Å². The Morgan fingerprint density at radius 1 is 0.852 bits per heavy atom. The topological polar surface area (TPSA) is 24.9 Å². The van der Waals surface area contributed by atoms with Gasteiger partial charge in [0.05, 0.1) is 0 Å². The summed E-state index contributed by atoms with van der Waals surface area (Å²) in [5.74, 6) is 0. The molecule has 1 unspecified atom stereocenters. The zero-order chi connectivity index (χ0) is 19.4. The van der Waals surface area contributed by atoms with Crippen LogP contribution in [0.15, 0.2) is 97.5 Å². The minimum absolute atomic E-state index is 0.541. The van der Waals surface area contributed by atoms with E-state index in [-0.39, 0.29) is 0 Å². The van der Waals surface area contributed by atoms with Gasteiger partial charge in [-0.3, -0.25) is 4.98 Å². The summed E-state index contributed by atoms with van der Waals surface area (Å²) < 4.78 is 0. The number of hydrogen-bond donors (Lipinski definition) is 1. The van der Waals surface area contributed by atoms with E-state index in [0.717, 1.165) is 39.1 Å². The third-order valence-corrected chi connectivity index (χ3v) is 4.75. The van der Waals surface area contributed by atoms with Gasteiger partial charge in [0.25, 0.3) is 0 Å². The molecule has 2 heteroatoms. The number of aromatic nitrogens is 1. The highest BCUT2D eigenvalue weighted by Gasteiger charge is 2.35. The summed E-state index contributed by atoms with van der Waals surface area (Å²) in [4.78, 5) is 4.35. The van der Waals surface area contributed by atoms with Crippen molar-refractivity contribution in [3.05, 3.63) is 114 Å². The molecule has 0 saturated carbocycles. The van der Waals surface area contributed by atoms with E-state index in [9.17, 15) is 0 Å². The van der Waals surface area contributed by atoms with Gasteiger partial charge < -0.3 is 5.32 Å². The van der Waals surface area contributed by atoms with Crippen LogP contribution in [0.2, 0.25) is 0 Å². The van der Waals surface area contributed by atoms with E-state index in [2.05, 4.69) is 91.9 Å². The standard InChI is InChI=1S/C25H26N2/c1-18(2)25(27-19(3)4,23-11-7-6-8-12-23)24-13-9-10-21(15-24)22-14-20(5)16-26-17-22/h6-17,27H,1,3H2,2,4-5H3. The predicted octanol–water partition coefficient (Wildman–Crippen LogP) is 6.00. The van der Waals surface area contributed by atoms with Gasteiger partial charge in [-0.15, -0.1) is 0 Å². The van der Waals surface area contributed by atoms with Gasteiger partial charge in [-0.05, 0) is 60.7 Å². The van der Waals surface area contributed by atoms with Crippen LogP contribution in [0.5, 0.6) is 0 Å². The SMILES string of the molecule is C=C(C)NC(C(=C)C)(c1ccccc1)c1cccc(-c2cncc(C)c2)c1. The number of nitrogens with zero attached hydrogens (tertiary/aromatic N) is 1. The van der Waals surface area contributed by atoms with E-state index < -0.39 is 5.54 Å². The number of pyridine rings is 1. The molecule has 136 valence electrons. The highest BCUT2D eigenvalue weighted by Crippen LogP contribution is 2.38. The van der Waals surface area contributed by atoms with Crippen LogP contribution in [0.1, 0.15) is 30.5 Å². The Morgan fingerprint density at radius 3 is 2.19 bits per heavy atom. The van der Waals surface area contributed by atoms with Crippen molar-refractivity contribution in [2.75, 3.05) is 0 Å². The molecule has 0 fully saturated rings. The van der Waals surface area contributed by atoms with Crippen molar-refractivity contribution in [2.45, 2.75) is 26.3 Å². The van der Waals surface area contributed by atoms with Crippen LogP contribution in [-0.4, -0.2) is 4.98 Å². The lowest BCUT2D eigenvalue weighted by Crippen LogP contribution is -2.43. The van der Waals surface area contributed by atoms with Crippen molar-refractivity contribution in [3.63, 3.8) is 0 Å². The molecule has 1 N–H and O–H groups in total. The summed E-state index contributed by atoms with van der Waals surface area (Å²) in [5.41, 5.74) is 7.01. The lowest BCUT2D eigenvalue weighted by molar-refractivity contribution is 0.520. The normalized spacial score (nSPS) is 12.9. The largest absolute Gasteiger partial charge is 0.372 e. The minimum Gasteiger partial charge on any atom is -0.372 e. The molecule has 0 aliphatic heterocycles. The summed E-state index contributed by atoms with van der Waals surface area (Å²) in [6.45, 7) is 14.5. The van der Waals surface area contributed by atoms with Crippen molar-refractivity contribution < 1.29 is 0 Å². The van der Waals surface area contributed by atoms with Gasteiger partial charge in [0, 0.05) is 23.7 Å². The second-order valence-corrected chi connectivity index (χ2v) is 7.13. The number of rotatable bonds is 6. The van der Waals surface area contributed by atoms with E-state index >= 15 is 0 Å². The maximum absolute atomic E-state index is 4.35. The van der Waals surface area contributed by atoms with Crippen molar-refractivity contribution in [3.8, 4) is 11.1 Å². The molecule has 3 aromatic rings. The Labute approximate surface area is 162 Å². The monoisotopic (exact) mass is 354 g/mol. The fraction of sp³-hybridized carbons (Fsp3) is 0.160. The molecule has 27 heavy (non-hydrogen) atoms. The summed E-state index contributed by atoms with van der Waals surface area (Å²) in [6, 6.07) is 21.1. The molecule has 3 rings (SSSR count). The number of aryl methyl sites for hydroxylation is 1. The average molecular weight is 354 g/mol. The Bertz CT molecular complexity index is 972. The van der Waals surface area contributed by atoms with E-state index in [1.54, 1.807) is 0 Å². The molecule has 0 aliphatic carbocycles. The summed E-state index contributed by atoms with van der Waals surface area (Å²) in [7, 11) is 0. The maximum atomic E-state index is 4.35. The summed E-state index contributed by atoms with van der Waals surface area (Å²) >= 11 is 0. The molecule has 1 heterocycles. The van der Waals surface area contributed by atoms with Crippen LogP contribution >= 0.6 is 0 Å². The first kappa shape index (κ1) is 18.7. The Balaban J connectivity index is 2.23. The van der Waals surface area contributed by atoms with E-state index in [4.69, 9.17) is 0 Å². The molecule has 0 amide bonds. The quantitative estimate of drug-likeness (QED) is 0.549. The molecule has 2 nitrogen and oxygen atoms in total. The summed E-state index contributed by atoms with van der Waals surface area (Å²) in [5, 5.41) is 3.61. The van der Waals surface area contributed by atoms with Gasteiger partial charge in [0.15, 0.2) is 0 Å². The first-order valence-corrected chi connectivity index (χ1v) is 9.11. The number of hydrogen-bond acceptors (Lipinski definition) is 2. The molecule has 2 aromatic carbocycles. The zero-order valence-electron chi connectivity index (χ0n) is 16.3. The van der Waals surface area contributed by atoms with Crippen molar-refractivity contribution in [1.82, 2.24) is 10.3 Å². The molecule has 0 saturated heterocycles. The van der Waals surface area contributed by atoms with Crippen LogP contribution < -0.4 is 5.32 Å². The highest BCUT2D eigenvalue weighted by atomic mass is 15.0. The first-order chi connectivity index (χ1) is 12.9. The van der Waals surface area contributed by atoms with Crippen molar-refractivity contribution in [2.24, 2.45) is 0 Å². The lowest BCUT2D eigenvalue weighted by atomic mass is 9.77. The number of benzene rings is 2. The number of allylic oxidation sites excluding steroid dienone is 1. The van der Waals surface area contributed by atoms with E-state index in [0.29, 0.717) is 0 Å². The minimum atomic E-state index is -0.541. The van der Waals surface area contributed by atoms with Gasteiger partial charge in [-0.1, -0.05) is 61.7 Å². The van der Waals surface area contributed by atoms with Crippen LogP contribution in [0, 0.1) is 6.92 Å². The van der Waals surface area contributed by atoms with Crippen LogP contribution in [-0.2, 0) is 5.54 Å². The van der Waals surface area contributed by atoms with E-state index in [1.807, 2.05) is 25.4 Å². The molecule has 0 aliphatic rings. The predicted molar refractivity (Wildman–Crippen MR) is 114 cm³/mol. The zero-order valence-corrected chi connectivity index (χ0v) is 16.3. The van der Waals surface area contributed by atoms with Crippen LogP contribution in [0.4, 0.5) is 0 Å². The van der Waals surface area contributed by atoms with Gasteiger partial charge in [0.1, 0.15) is 5.54 Å². The molecular weight excluding hydrogens is 328 g/mol.